The molecule has 2 heterocycles. The van der Waals surface area contributed by atoms with Gasteiger partial charge in [-0.1, -0.05) is 29.8 Å². The van der Waals surface area contributed by atoms with E-state index in [1.165, 1.54) is 9.80 Å². The first-order chi connectivity index (χ1) is 12.7. The maximum absolute atomic E-state index is 13.1. The maximum Gasteiger partial charge on any atom is 0.322 e. The van der Waals surface area contributed by atoms with Gasteiger partial charge in [-0.05, 0) is 26.3 Å². The number of carbonyl (C=O) groups is 3. The predicted molar refractivity (Wildman–Crippen MR) is 102 cm³/mol. The first-order valence-electron chi connectivity index (χ1n) is 9.09. The van der Waals surface area contributed by atoms with Crippen molar-refractivity contribution < 1.29 is 14.4 Å². The van der Waals surface area contributed by atoms with Crippen molar-refractivity contribution in [3.63, 3.8) is 0 Å². The van der Waals surface area contributed by atoms with E-state index in [2.05, 4.69) is 5.32 Å². The smallest absolute Gasteiger partial charge is 0.322 e. The van der Waals surface area contributed by atoms with Gasteiger partial charge in [-0.3, -0.25) is 14.5 Å². The van der Waals surface area contributed by atoms with E-state index < -0.39 is 6.04 Å². The lowest BCUT2D eigenvalue weighted by Gasteiger charge is -2.31. The van der Waals surface area contributed by atoms with Gasteiger partial charge < -0.3 is 15.1 Å². The Kier molecular flexibility index (Phi) is 4.95. The number of rotatable bonds is 4. The SMILES string of the molecule is Cc1ccc([C@@H]2NC(=O)N(C)C3=C2C(=O)N(CC(=O)N(C)C(C)C)C3)cc1. The minimum Gasteiger partial charge on any atom is -0.342 e. The second-order valence-corrected chi connectivity index (χ2v) is 7.47. The second kappa shape index (κ2) is 7.06. The number of benzene rings is 1. The number of hydrogen-bond acceptors (Lipinski definition) is 3. The molecule has 0 aliphatic carbocycles. The molecule has 0 saturated heterocycles. The number of carbonyl (C=O) groups excluding carboxylic acids is 3. The third kappa shape index (κ3) is 3.41. The van der Waals surface area contributed by atoms with Crippen molar-refractivity contribution in [1.82, 2.24) is 20.0 Å². The monoisotopic (exact) mass is 370 g/mol. The number of aryl methyl sites for hydroxylation is 1. The minimum absolute atomic E-state index is 0.00314. The second-order valence-electron chi connectivity index (χ2n) is 7.47. The van der Waals surface area contributed by atoms with Crippen LogP contribution in [0, 0.1) is 6.92 Å². The summed E-state index contributed by atoms with van der Waals surface area (Å²) < 4.78 is 0. The maximum atomic E-state index is 13.1. The molecule has 1 aromatic carbocycles. The van der Waals surface area contributed by atoms with Gasteiger partial charge in [-0.15, -0.1) is 0 Å². The van der Waals surface area contributed by atoms with Crippen LogP contribution in [0.3, 0.4) is 0 Å². The molecule has 2 aliphatic rings. The minimum atomic E-state index is -0.500. The van der Waals surface area contributed by atoms with Gasteiger partial charge >= 0.3 is 6.03 Å². The number of nitrogens with zero attached hydrogens (tertiary/aromatic N) is 3. The Morgan fingerprint density at radius 2 is 1.89 bits per heavy atom. The molecule has 1 N–H and O–H groups in total. The lowest BCUT2D eigenvalue weighted by atomic mass is 9.95. The van der Waals surface area contributed by atoms with Gasteiger partial charge in [0.1, 0.15) is 6.54 Å². The lowest BCUT2D eigenvalue weighted by Crippen LogP contribution is -2.45. The van der Waals surface area contributed by atoms with E-state index in [4.69, 9.17) is 0 Å². The summed E-state index contributed by atoms with van der Waals surface area (Å²) in [6, 6.07) is 7.06. The molecular formula is C20H26N4O3. The summed E-state index contributed by atoms with van der Waals surface area (Å²) in [5.74, 6) is -0.319. The third-order valence-corrected chi connectivity index (χ3v) is 5.34. The summed E-state index contributed by atoms with van der Waals surface area (Å²) in [4.78, 5) is 42.5. The standard InChI is InChI=1S/C20H26N4O3/c1-12(2)22(4)16(25)11-24-10-15-17(19(24)26)18(21-20(27)23(15)5)14-8-6-13(3)7-9-14/h6-9,12,18H,10-11H2,1-5H3,(H,21,27)/t18-/m0/s1. The predicted octanol–water partition coefficient (Wildman–Crippen LogP) is 1.65. The van der Waals surface area contributed by atoms with Crippen molar-refractivity contribution in [2.75, 3.05) is 27.2 Å². The molecule has 3 rings (SSSR count). The van der Waals surface area contributed by atoms with Crippen molar-refractivity contribution in [3.8, 4) is 0 Å². The molecule has 27 heavy (non-hydrogen) atoms. The Morgan fingerprint density at radius 3 is 2.48 bits per heavy atom. The van der Waals surface area contributed by atoms with Crippen LogP contribution in [0.15, 0.2) is 35.5 Å². The summed E-state index contributed by atoms with van der Waals surface area (Å²) in [6.07, 6.45) is 0. The Morgan fingerprint density at radius 1 is 1.26 bits per heavy atom. The van der Waals surface area contributed by atoms with Crippen molar-refractivity contribution in [2.24, 2.45) is 0 Å². The molecule has 7 heteroatoms. The Balaban J connectivity index is 1.89. The van der Waals surface area contributed by atoms with E-state index >= 15 is 0 Å². The first kappa shape index (κ1) is 18.9. The van der Waals surface area contributed by atoms with Crippen LogP contribution in [0.2, 0.25) is 0 Å². The van der Waals surface area contributed by atoms with E-state index in [0.717, 1.165) is 11.1 Å². The van der Waals surface area contributed by atoms with Crippen molar-refractivity contribution in [3.05, 3.63) is 46.7 Å². The van der Waals surface area contributed by atoms with E-state index in [0.29, 0.717) is 11.3 Å². The Bertz CT molecular complexity index is 813. The molecule has 0 bridgehead atoms. The zero-order valence-corrected chi connectivity index (χ0v) is 16.4. The molecule has 0 fully saturated rings. The highest BCUT2D eigenvalue weighted by Crippen LogP contribution is 2.35. The summed E-state index contributed by atoms with van der Waals surface area (Å²) in [6.45, 7) is 6.11. The van der Waals surface area contributed by atoms with Gasteiger partial charge in [0.05, 0.1) is 23.9 Å². The van der Waals surface area contributed by atoms with Gasteiger partial charge in [-0.2, -0.15) is 0 Å². The van der Waals surface area contributed by atoms with Gasteiger partial charge in [-0.25, -0.2) is 4.79 Å². The van der Waals surface area contributed by atoms with Crippen LogP contribution >= 0.6 is 0 Å². The summed E-state index contributed by atoms with van der Waals surface area (Å²) in [5, 5.41) is 2.90. The van der Waals surface area contributed by atoms with Crippen molar-refractivity contribution in [2.45, 2.75) is 32.9 Å². The van der Waals surface area contributed by atoms with Crippen molar-refractivity contribution in [1.29, 1.82) is 0 Å². The summed E-state index contributed by atoms with van der Waals surface area (Å²) >= 11 is 0. The van der Waals surface area contributed by atoms with Crippen LogP contribution < -0.4 is 5.32 Å². The van der Waals surface area contributed by atoms with Gasteiger partial charge in [0.15, 0.2) is 0 Å². The molecule has 1 aromatic rings. The molecule has 0 saturated carbocycles. The van der Waals surface area contributed by atoms with Gasteiger partial charge in [0.25, 0.3) is 5.91 Å². The summed E-state index contributed by atoms with van der Waals surface area (Å²) in [7, 11) is 3.38. The summed E-state index contributed by atoms with van der Waals surface area (Å²) in [5.41, 5.74) is 3.17. The third-order valence-electron chi connectivity index (χ3n) is 5.34. The molecule has 0 radical (unpaired) electrons. The number of likely N-dealkylation sites (N-methyl/N-ethyl adjacent to an activating group) is 2. The highest BCUT2D eigenvalue weighted by atomic mass is 16.2. The van der Waals surface area contributed by atoms with Gasteiger partial charge in [0.2, 0.25) is 5.91 Å². The molecular weight excluding hydrogens is 344 g/mol. The zero-order chi connectivity index (χ0) is 19.9. The Labute approximate surface area is 159 Å². The molecule has 7 nitrogen and oxygen atoms in total. The van der Waals surface area contributed by atoms with E-state index in [1.807, 2.05) is 45.0 Å². The highest BCUT2D eigenvalue weighted by molar-refractivity contribution is 6.02. The molecule has 0 unspecified atom stereocenters. The average Bonchev–Trinajstić information content (AvgIpc) is 2.95. The fraction of sp³-hybridized carbons (Fsp3) is 0.450. The molecule has 144 valence electrons. The van der Waals surface area contributed by atoms with Crippen LogP contribution in [0.5, 0.6) is 0 Å². The van der Waals surface area contributed by atoms with Crippen LogP contribution in [0.4, 0.5) is 4.79 Å². The topological polar surface area (TPSA) is 73.0 Å². The van der Waals surface area contributed by atoms with Gasteiger partial charge in [0, 0.05) is 20.1 Å². The Hall–Kier alpha value is -2.83. The number of hydrogen-bond donors (Lipinski definition) is 1. The van der Waals surface area contributed by atoms with Crippen LogP contribution in [-0.4, -0.2) is 65.8 Å². The average molecular weight is 370 g/mol. The quantitative estimate of drug-likeness (QED) is 0.876. The lowest BCUT2D eigenvalue weighted by molar-refractivity contribution is -0.137. The van der Waals surface area contributed by atoms with Crippen molar-refractivity contribution >= 4 is 17.8 Å². The molecule has 2 aliphatic heterocycles. The number of urea groups is 1. The molecule has 4 amide bonds. The molecule has 0 aromatic heterocycles. The van der Waals surface area contributed by atoms with E-state index in [-0.39, 0.29) is 37.0 Å². The number of amides is 4. The zero-order valence-electron chi connectivity index (χ0n) is 16.4. The first-order valence-corrected chi connectivity index (χ1v) is 9.09. The highest BCUT2D eigenvalue weighted by Gasteiger charge is 2.43. The molecule has 0 spiro atoms. The van der Waals surface area contributed by atoms with Crippen LogP contribution in [0.1, 0.15) is 31.0 Å². The largest absolute Gasteiger partial charge is 0.342 e. The normalized spacial score (nSPS) is 19.6. The fourth-order valence-corrected chi connectivity index (χ4v) is 3.32. The van der Waals surface area contributed by atoms with Crippen LogP contribution in [0.25, 0.3) is 0 Å². The molecule has 1 atom stereocenters. The number of nitrogens with one attached hydrogen (secondary N) is 1. The van der Waals surface area contributed by atoms with E-state index in [9.17, 15) is 14.4 Å². The van der Waals surface area contributed by atoms with E-state index in [1.54, 1.807) is 19.0 Å². The van der Waals surface area contributed by atoms with Crippen LogP contribution in [-0.2, 0) is 9.59 Å². The fourth-order valence-electron chi connectivity index (χ4n) is 3.32.